The normalized spacial score (nSPS) is 15.6. The summed E-state index contributed by atoms with van der Waals surface area (Å²) in [6.45, 7) is 8.54. The summed E-state index contributed by atoms with van der Waals surface area (Å²) in [5.41, 5.74) is 2.22. The summed E-state index contributed by atoms with van der Waals surface area (Å²) in [6.07, 6.45) is 1.41. The largest absolute Gasteiger partial charge is 0.449 e. The van der Waals surface area contributed by atoms with Crippen LogP contribution in [-0.4, -0.2) is 52.8 Å². The number of carbonyl (C=O) groups is 2. The van der Waals surface area contributed by atoms with Crippen molar-refractivity contribution in [1.29, 1.82) is 0 Å². The molecule has 2 amide bonds. The van der Waals surface area contributed by atoms with Crippen LogP contribution in [0.5, 0.6) is 0 Å². The number of furan rings is 1. The van der Waals surface area contributed by atoms with E-state index in [2.05, 4.69) is 4.98 Å². The molecular formula is C19H25N3O3. The lowest BCUT2D eigenvalue weighted by atomic mass is 9.95. The van der Waals surface area contributed by atoms with Gasteiger partial charge in [0.25, 0.3) is 5.91 Å². The van der Waals surface area contributed by atoms with E-state index in [9.17, 15) is 9.59 Å². The number of amides is 2. The first-order valence-electron chi connectivity index (χ1n) is 8.98. The first-order valence-corrected chi connectivity index (χ1v) is 8.98. The van der Waals surface area contributed by atoms with Gasteiger partial charge in [-0.05, 0) is 45.7 Å². The van der Waals surface area contributed by atoms with Crippen LogP contribution < -0.4 is 0 Å². The molecule has 0 unspecified atom stereocenters. The van der Waals surface area contributed by atoms with E-state index < -0.39 is 0 Å². The molecule has 1 saturated heterocycles. The van der Waals surface area contributed by atoms with E-state index in [-0.39, 0.29) is 17.7 Å². The van der Waals surface area contributed by atoms with Crippen molar-refractivity contribution in [3.05, 3.63) is 29.7 Å². The maximum Gasteiger partial charge on any atom is 0.289 e. The van der Waals surface area contributed by atoms with Crippen molar-refractivity contribution in [2.45, 2.75) is 33.6 Å². The zero-order valence-electron chi connectivity index (χ0n) is 15.1. The second kappa shape index (κ2) is 7.25. The van der Waals surface area contributed by atoms with Gasteiger partial charge in [0.1, 0.15) is 5.52 Å². The van der Waals surface area contributed by atoms with Crippen LogP contribution in [0.25, 0.3) is 11.1 Å². The van der Waals surface area contributed by atoms with Crippen molar-refractivity contribution in [2.75, 3.05) is 26.2 Å². The number of likely N-dealkylation sites (tertiary alicyclic amines) is 1. The van der Waals surface area contributed by atoms with Gasteiger partial charge in [-0.2, -0.15) is 0 Å². The third-order valence-electron chi connectivity index (χ3n) is 4.93. The highest BCUT2D eigenvalue weighted by molar-refractivity contribution is 5.95. The fourth-order valence-electron chi connectivity index (χ4n) is 3.41. The number of aryl methyl sites for hydroxylation is 1. The number of hydrogen-bond acceptors (Lipinski definition) is 4. The molecule has 134 valence electrons. The second-order valence-corrected chi connectivity index (χ2v) is 6.52. The highest BCUT2D eigenvalue weighted by Gasteiger charge is 2.30. The number of fused-ring (bicyclic) bond motifs is 1. The molecule has 25 heavy (non-hydrogen) atoms. The molecule has 1 fully saturated rings. The topological polar surface area (TPSA) is 66.7 Å². The number of pyridine rings is 1. The maximum absolute atomic E-state index is 12.7. The summed E-state index contributed by atoms with van der Waals surface area (Å²) in [5.74, 6) is 0.426. The summed E-state index contributed by atoms with van der Waals surface area (Å²) >= 11 is 0. The molecule has 3 heterocycles. The highest BCUT2D eigenvalue weighted by atomic mass is 16.3. The van der Waals surface area contributed by atoms with Gasteiger partial charge in [0, 0.05) is 43.9 Å². The first kappa shape index (κ1) is 17.5. The van der Waals surface area contributed by atoms with Crippen LogP contribution in [0.15, 0.2) is 22.6 Å². The van der Waals surface area contributed by atoms with Gasteiger partial charge < -0.3 is 14.2 Å². The summed E-state index contributed by atoms with van der Waals surface area (Å²) < 4.78 is 5.66. The van der Waals surface area contributed by atoms with Crippen molar-refractivity contribution in [3.8, 4) is 0 Å². The highest BCUT2D eigenvalue weighted by Crippen LogP contribution is 2.24. The Bertz CT molecular complexity index is 771. The third-order valence-corrected chi connectivity index (χ3v) is 4.93. The minimum Gasteiger partial charge on any atom is -0.449 e. The maximum atomic E-state index is 12.7. The standard InChI is InChI=1S/C19H25N3O3/c1-4-21(5-2)18(23)14-8-10-22(11-9-14)19(24)17-12-15-16(25-17)7-6-13(3)20-15/h6-7,12,14H,4-5,8-11H2,1-3H3. The molecule has 1 aliphatic heterocycles. The van der Waals surface area contributed by atoms with Gasteiger partial charge >= 0.3 is 0 Å². The number of piperidine rings is 1. The molecule has 0 aromatic carbocycles. The van der Waals surface area contributed by atoms with E-state index >= 15 is 0 Å². The van der Waals surface area contributed by atoms with Crippen molar-refractivity contribution >= 4 is 22.9 Å². The Morgan fingerprint density at radius 2 is 1.92 bits per heavy atom. The van der Waals surface area contributed by atoms with E-state index in [1.165, 1.54) is 0 Å². The molecule has 2 aromatic rings. The summed E-state index contributed by atoms with van der Waals surface area (Å²) in [7, 11) is 0. The molecule has 3 rings (SSSR count). The van der Waals surface area contributed by atoms with E-state index in [0.29, 0.717) is 42.8 Å². The number of nitrogens with zero attached hydrogens (tertiary/aromatic N) is 3. The molecule has 0 saturated carbocycles. The monoisotopic (exact) mass is 343 g/mol. The first-order chi connectivity index (χ1) is 12.0. The molecule has 0 bridgehead atoms. The molecule has 0 spiro atoms. The van der Waals surface area contributed by atoms with Crippen LogP contribution >= 0.6 is 0 Å². The van der Waals surface area contributed by atoms with Crippen molar-refractivity contribution < 1.29 is 14.0 Å². The summed E-state index contributed by atoms with van der Waals surface area (Å²) in [5, 5.41) is 0. The third kappa shape index (κ3) is 3.52. The average molecular weight is 343 g/mol. The van der Waals surface area contributed by atoms with Crippen molar-refractivity contribution in [2.24, 2.45) is 5.92 Å². The molecule has 6 nitrogen and oxygen atoms in total. The second-order valence-electron chi connectivity index (χ2n) is 6.52. The van der Waals surface area contributed by atoms with Crippen LogP contribution in [0.4, 0.5) is 0 Å². The van der Waals surface area contributed by atoms with Gasteiger partial charge in [-0.15, -0.1) is 0 Å². The fourth-order valence-corrected chi connectivity index (χ4v) is 3.41. The van der Waals surface area contributed by atoms with Gasteiger partial charge in [0.05, 0.1) is 0 Å². The zero-order valence-corrected chi connectivity index (χ0v) is 15.1. The van der Waals surface area contributed by atoms with Gasteiger partial charge in [-0.3, -0.25) is 9.59 Å². The lowest BCUT2D eigenvalue weighted by Crippen LogP contribution is -2.44. The molecule has 1 aliphatic rings. The Morgan fingerprint density at radius 3 is 2.56 bits per heavy atom. The summed E-state index contributed by atoms with van der Waals surface area (Å²) in [6, 6.07) is 5.41. The van der Waals surface area contributed by atoms with E-state index in [4.69, 9.17) is 4.42 Å². The number of hydrogen-bond donors (Lipinski definition) is 0. The Balaban J connectivity index is 1.65. The van der Waals surface area contributed by atoms with E-state index in [0.717, 1.165) is 18.8 Å². The lowest BCUT2D eigenvalue weighted by molar-refractivity contribution is -0.136. The van der Waals surface area contributed by atoms with Gasteiger partial charge in [-0.1, -0.05) is 0 Å². The quantitative estimate of drug-likeness (QED) is 0.856. The van der Waals surface area contributed by atoms with Gasteiger partial charge in [-0.25, -0.2) is 4.98 Å². The Morgan fingerprint density at radius 1 is 1.24 bits per heavy atom. The molecule has 6 heteroatoms. The number of rotatable bonds is 4. The molecule has 2 aromatic heterocycles. The Labute approximate surface area is 147 Å². The van der Waals surface area contributed by atoms with Crippen LogP contribution in [0, 0.1) is 12.8 Å². The zero-order chi connectivity index (χ0) is 18.0. The molecule has 0 N–H and O–H groups in total. The molecule has 0 radical (unpaired) electrons. The Hall–Kier alpha value is -2.37. The predicted octanol–water partition coefficient (Wildman–Crippen LogP) is 2.86. The summed E-state index contributed by atoms with van der Waals surface area (Å²) in [4.78, 5) is 33.2. The van der Waals surface area contributed by atoms with Crippen LogP contribution in [0.2, 0.25) is 0 Å². The van der Waals surface area contributed by atoms with E-state index in [1.807, 2.05) is 37.8 Å². The molecule has 0 aliphatic carbocycles. The van der Waals surface area contributed by atoms with Crippen LogP contribution in [0.1, 0.15) is 42.9 Å². The van der Waals surface area contributed by atoms with Crippen molar-refractivity contribution in [3.63, 3.8) is 0 Å². The minimum absolute atomic E-state index is 0.0175. The minimum atomic E-state index is -0.121. The lowest BCUT2D eigenvalue weighted by Gasteiger charge is -2.33. The van der Waals surface area contributed by atoms with Crippen LogP contribution in [-0.2, 0) is 4.79 Å². The van der Waals surface area contributed by atoms with Crippen LogP contribution in [0.3, 0.4) is 0 Å². The smallest absolute Gasteiger partial charge is 0.289 e. The predicted molar refractivity (Wildman–Crippen MR) is 95.3 cm³/mol. The van der Waals surface area contributed by atoms with Gasteiger partial charge in [0.15, 0.2) is 11.3 Å². The number of aromatic nitrogens is 1. The fraction of sp³-hybridized carbons (Fsp3) is 0.526. The molecule has 0 atom stereocenters. The van der Waals surface area contributed by atoms with Gasteiger partial charge in [0.2, 0.25) is 5.91 Å². The Kier molecular flexibility index (Phi) is 5.06. The van der Waals surface area contributed by atoms with Crippen molar-refractivity contribution in [1.82, 2.24) is 14.8 Å². The molecular weight excluding hydrogens is 318 g/mol. The van der Waals surface area contributed by atoms with E-state index in [1.54, 1.807) is 11.0 Å². The SMILES string of the molecule is CCN(CC)C(=O)C1CCN(C(=O)c2cc3nc(C)ccc3o2)CC1. The average Bonchev–Trinajstić information content (AvgIpc) is 3.05. The number of carbonyl (C=O) groups excluding carboxylic acids is 2.